The maximum Gasteiger partial charge on any atom is 0.251 e. The molecule has 0 fully saturated rings. The molecule has 1 atom stereocenters. The highest BCUT2D eigenvalue weighted by atomic mass is 32.1. The normalized spacial score (nSPS) is 12.6. The summed E-state index contributed by atoms with van der Waals surface area (Å²) in [5.74, 6) is 0.554. The van der Waals surface area contributed by atoms with Crippen molar-refractivity contribution < 1.29 is 0 Å². The molecule has 0 amide bonds. The molecule has 0 saturated heterocycles. The summed E-state index contributed by atoms with van der Waals surface area (Å²) < 4.78 is 0. The lowest BCUT2D eigenvalue weighted by Gasteiger charge is -2.08. The molecule has 1 unspecified atom stereocenters. The molecule has 2 heterocycles. The average molecular weight is 235 g/mol. The standard InChI is InChI=1S/C11H13N3OS/c1-2-7(12)11-13-8(6-10(15)14-11)9-4-3-5-16-9/h3-7H,2,12H2,1H3,(H,13,14,15). The molecule has 2 aromatic rings. The Balaban J connectivity index is 2.48. The molecule has 2 aromatic heterocycles. The molecule has 0 saturated carbocycles. The van der Waals surface area contributed by atoms with Gasteiger partial charge in [-0.15, -0.1) is 11.3 Å². The third kappa shape index (κ3) is 2.20. The van der Waals surface area contributed by atoms with Gasteiger partial charge in [-0.3, -0.25) is 4.79 Å². The van der Waals surface area contributed by atoms with Crippen molar-refractivity contribution in [2.45, 2.75) is 19.4 Å². The number of aromatic nitrogens is 2. The van der Waals surface area contributed by atoms with Crippen molar-refractivity contribution >= 4 is 11.3 Å². The smallest absolute Gasteiger partial charge is 0.251 e. The maximum atomic E-state index is 11.5. The number of H-pyrrole nitrogens is 1. The van der Waals surface area contributed by atoms with Crippen LogP contribution in [0, 0.1) is 0 Å². The van der Waals surface area contributed by atoms with Gasteiger partial charge in [0.05, 0.1) is 16.6 Å². The molecular formula is C11H13N3OS. The fourth-order valence-electron chi connectivity index (χ4n) is 1.40. The Morgan fingerprint density at radius 1 is 1.62 bits per heavy atom. The Labute approximate surface area is 97.2 Å². The Morgan fingerprint density at radius 2 is 2.44 bits per heavy atom. The molecule has 0 aliphatic heterocycles. The summed E-state index contributed by atoms with van der Waals surface area (Å²) in [4.78, 5) is 19.5. The van der Waals surface area contributed by atoms with E-state index in [2.05, 4.69) is 9.97 Å². The summed E-state index contributed by atoms with van der Waals surface area (Å²) in [5, 5.41) is 1.96. The van der Waals surface area contributed by atoms with Crippen LogP contribution in [0.25, 0.3) is 10.6 Å². The molecule has 3 N–H and O–H groups in total. The molecule has 4 nitrogen and oxygen atoms in total. The second kappa shape index (κ2) is 4.59. The minimum atomic E-state index is -0.215. The van der Waals surface area contributed by atoms with E-state index in [0.29, 0.717) is 11.5 Å². The molecule has 5 heteroatoms. The molecule has 16 heavy (non-hydrogen) atoms. The van der Waals surface area contributed by atoms with Gasteiger partial charge in [-0.1, -0.05) is 13.0 Å². The van der Waals surface area contributed by atoms with E-state index in [1.165, 1.54) is 6.07 Å². The lowest BCUT2D eigenvalue weighted by Crippen LogP contribution is -2.19. The first-order valence-corrected chi connectivity index (χ1v) is 5.99. The van der Waals surface area contributed by atoms with Crippen LogP contribution in [0.2, 0.25) is 0 Å². The summed E-state index contributed by atoms with van der Waals surface area (Å²) in [6.07, 6.45) is 0.747. The first kappa shape index (κ1) is 11.0. The van der Waals surface area contributed by atoms with Crippen LogP contribution in [0.1, 0.15) is 25.2 Å². The van der Waals surface area contributed by atoms with Crippen LogP contribution in [-0.4, -0.2) is 9.97 Å². The Kier molecular flexibility index (Phi) is 3.17. The molecular weight excluding hydrogens is 222 g/mol. The van der Waals surface area contributed by atoms with Crippen LogP contribution in [0.4, 0.5) is 0 Å². The molecule has 2 rings (SSSR count). The van der Waals surface area contributed by atoms with Gasteiger partial charge in [0.25, 0.3) is 5.56 Å². The van der Waals surface area contributed by atoms with E-state index in [1.807, 2.05) is 24.4 Å². The van der Waals surface area contributed by atoms with Crippen molar-refractivity contribution in [3.05, 3.63) is 39.8 Å². The van der Waals surface area contributed by atoms with Gasteiger partial charge in [0.1, 0.15) is 5.82 Å². The second-order valence-electron chi connectivity index (χ2n) is 3.51. The van der Waals surface area contributed by atoms with Crippen LogP contribution in [0.3, 0.4) is 0 Å². The fourth-order valence-corrected chi connectivity index (χ4v) is 2.08. The minimum absolute atomic E-state index is 0.155. The predicted molar refractivity (Wildman–Crippen MR) is 65.4 cm³/mol. The predicted octanol–water partition coefficient (Wildman–Crippen LogP) is 1.91. The lowest BCUT2D eigenvalue weighted by atomic mass is 10.2. The summed E-state index contributed by atoms with van der Waals surface area (Å²) >= 11 is 1.56. The highest BCUT2D eigenvalue weighted by molar-refractivity contribution is 7.13. The van der Waals surface area contributed by atoms with Crippen LogP contribution < -0.4 is 11.3 Å². The quantitative estimate of drug-likeness (QED) is 0.853. The van der Waals surface area contributed by atoms with Crippen molar-refractivity contribution in [3.63, 3.8) is 0 Å². The minimum Gasteiger partial charge on any atom is -0.321 e. The van der Waals surface area contributed by atoms with Gasteiger partial charge < -0.3 is 10.7 Å². The highest BCUT2D eigenvalue weighted by Crippen LogP contribution is 2.22. The monoisotopic (exact) mass is 235 g/mol. The number of nitrogens with zero attached hydrogens (tertiary/aromatic N) is 1. The van der Waals surface area contributed by atoms with Crippen molar-refractivity contribution in [2.75, 3.05) is 0 Å². The van der Waals surface area contributed by atoms with Crippen molar-refractivity contribution in [1.82, 2.24) is 9.97 Å². The molecule has 0 aliphatic carbocycles. The molecule has 84 valence electrons. The largest absolute Gasteiger partial charge is 0.321 e. The zero-order chi connectivity index (χ0) is 11.5. The third-order valence-corrected chi connectivity index (χ3v) is 3.22. The van der Waals surface area contributed by atoms with Gasteiger partial charge >= 0.3 is 0 Å². The summed E-state index contributed by atoms with van der Waals surface area (Å²) in [5.41, 5.74) is 6.39. The number of thiophene rings is 1. The first-order valence-electron chi connectivity index (χ1n) is 5.11. The topological polar surface area (TPSA) is 71.8 Å². The van der Waals surface area contributed by atoms with E-state index in [-0.39, 0.29) is 11.6 Å². The maximum absolute atomic E-state index is 11.5. The summed E-state index contributed by atoms with van der Waals surface area (Å²) in [6, 6.07) is 5.15. The average Bonchev–Trinajstić information content (AvgIpc) is 2.80. The zero-order valence-electron chi connectivity index (χ0n) is 8.93. The summed E-state index contributed by atoms with van der Waals surface area (Å²) in [7, 11) is 0. The van der Waals surface area contributed by atoms with Gasteiger partial charge in [-0.05, 0) is 17.9 Å². The van der Waals surface area contributed by atoms with Gasteiger partial charge in [0.2, 0.25) is 0 Å². The summed E-state index contributed by atoms with van der Waals surface area (Å²) in [6.45, 7) is 1.96. The highest BCUT2D eigenvalue weighted by Gasteiger charge is 2.09. The second-order valence-corrected chi connectivity index (χ2v) is 4.46. The Bertz CT molecular complexity index is 518. The number of aromatic amines is 1. The first-order chi connectivity index (χ1) is 7.70. The SMILES string of the molecule is CCC(N)c1nc(-c2cccs2)cc(=O)[nH]1. The van der Waals surface area contributed by atoms with Crippen LogP contribution in [-0.2, 0) is 0 Å². The number of hydrogen-bond donors (Lipinski definition) is 2. The molecule has 0 radical (unpaired) electrons. The zero-order valence-corrected chi connectivity index (χ0v) is 9.75. The van der Waals surface area contributed by atoms with Crippen LogP contribution in [0.15, 0.2) is 28.4 Å². The Hall–Kier alpha value is -1.46. The van der Waals surface area contributed by atoms with E-state index < -0.39 is 0 Å². The van der Waals surface area contributed by atoms with Gasteiger partial charge in [-0.25, -0.2) is 4.98 Å². The van der Waals surface area contributed by atoms with Crippen LogP contribution >= 0.6 is 11.3 Å². The Morgan fingerprint density at radius 3 is 3.06 bits per heavy atom. The van der Waals surface area contributed by atoms with E-state index in [9.17, 15) is 4.79 Å². The van der Waals surface area contributed by atoms with E-state index in [4.69, 9.17) is 5.73 Å². The molecule has 0 aromatic carbocycles. The van der Waals surface area contributed by atoms with Gasteiger partial charge in [0, 0.05) is 6.07 Å². The van der Waals surface area contributed by atoms with Crippen molar-refractivity contribution in [2.24, 2.45) is 5.73 Å². The van der Waals surface area contributed by atoms with Crippen LogP contribution in [0.5, 0.6) is 0 Å². The van der Waals surface area contributed by atoms with Crippen molar-refractivity contribution in [3.8, 4) is 10.6 Å². The number of nitrogens with one attached hydrogen (secondary N) is 1. The third-order valence-electron chi connectivity index (χ3n) is 2.32. The van der Waals surface area contributed by atoms with E-state index in [0.717, 1.165) is 11.3 Å². The molecule has 0 bridgehead atoms. The fraction of sp³-hybridized carbons (Fsp3) is 0.273. The van der Waals surface area contributed by atoms with Gasteiger partial charge in [0.15, 0.2) is 0 Å². The molecule has 0 spiro atoms. The number of nitrogens with two attached hydrogens (primary N) is 1. The van der Waals surface area contributed by atoms with E-state index in [1.54, 1.807) is 11.3 Å². The van der Waals surface area contributed by atoms with Crippen molar-refractivity contribution in [1.29, 1.82) is 0 Å². The number of hydrogen-bond acceptors (Lipinski definition) is 4. The molecule has 0 aliphatic rings. The number of rotatable bonds is 3. The van der Waals surface area contributed by atoms with E-state index >= 15 is 0 Å². The lowest BCUT2D eigenvalue weighted by molar-refractivity contribution is 0.646. The van der Waals surface area contributed by atoms with Gasteiger partial charge in [-0.2, -0.15) is 0 Å².